The van der Waals surface area contributed by atoms with Crippen LogP contribution in [0.5, 0.6) is 0 Å². The summed E-state index contributed by atoms with van der Waals surface area (Å²) in [5, 5.41) is 16.2. The average molecular weight is 132 g/mol. The van der Waals surface area contributed by atoms with Crippen LogP contribution >= 0.6 is 0 Å². The lowest BCUT2D eigenvalue weighted by Crippen LogP contribution is -2.12. The standard InChI is InChI=1S/C4H9BO4/c1-2-8-3-4-9-5(6)7/h3-4,6-7H,2H2,1H3/b4-3+. The van der Waals surface area contributed by atoms with Crippen LogP contribution in [0.15, 0.2) is 12.5 Å². The van der Waals surface area contributed by atoms with Crippen LogP contribution in [-0.4, -0.2) is 24.0 Å². The first kappa shape index (κ1) is 8.32. The largest absolute Gasteiger partial charge is 0.707 e. The quantitative estimate of drug-likeness (QED) is 0.399. The fourth-order valence-electron chi connectivity index (χ4n) is 0.238. The first-order chi connectivity index (χ1) is 4.27. The second kappa shape index (κ2) is 5.46. The summed E-state index contributed by atoms with van der Waals surface area (Å²) in [6.07, 6.45) is 2.30. The second-order valence-corrected chi connectivity index (χ2v) is 1.19. The molecule has 0 amide bonds. The maximum absolute atomic E-state index is 8.08. The molecule has 0 unspecified atom stereocenters. The Labute approximate surface area is 53.9 Å². The van der Waals surface area contributed by atoms with Crippen molar-refractivity contribution in [2.24, 2.45) is 0 Å². The molecule has 0 aromatic heterocycles. The minimum absolute atomic E-state index is 0.529. The molecule has 0 saturated carbocycles. The number of ether oxygens (including phenoxy) is 1. The van der Waals surface area contributed by atoms with Gasteiger partial charge in [-0.2, -0.15) is 0 Å². The smallest absolute Gasteiger partial charge is 0.515 e. The molecule has 2 N–H and O–H groups in total. The van der Waals surface area contributed by atoms with Gasteiger partial charge in [-0.15, -0.1) is 0 Å². The Balaban J connectivity index is 3.04. The average Bonchev–Trinajstić information content (AvgIpc) is 1.80. The monoisotopic (exact) mass is 132 g/mol. The highest BCUT2D eigenvalue weighted by atomic mass is 16.6. The summed E-state index contributed by atoms with van der Waals surface area (Å²) in [5.74, 6) is 0. The maximum atomic E-state index is 8.08. The first-order valence-corrected chi connectivity index (χ1v) is 2.55. The highest BCUT2D eigenvalue weighted by molar-refractivity contribution is 6.32. The predicted octanol–water partition coefficient (Wildman–Crippen LogP) is -0.520. The van der Waals surface area contributed by atoms with Crippen molar-refractivity contribution in [1.82, 2.24) is 0 Å². The van der Waals surface area contributed by atoms with Crippen LogP contribution in [0, 0.1) is 0 Å². The molecule has 0 atom stereocenters. The fourth-order valence-corrected chi connectivity index (χ4v) is 0.238. The molecular formula is C4H9BO4. The molecule has 0 aromatic carbocycles. The maximum Gasteiger partial charge on any atom is 0.707 e. The summed E-state index contributed by atoms with van der Waals surface area (Å²) < 4.78 is 8.81. The van der Waals surface area contributed by atoms with E-state index >= 15 is 0 Å². The van der Waals surface area contributed by atoms with Crippen LogP contribution < -0.4 is 0 Å². The molecule has 0 aliphatic rings. The predicted molar refractivity (Wildman–Crippen MR) is 32.0 cm³/mol. The minimum Gasteiger partial charge on any atom is -0.515 e. The van der Waals surface area contributed by atoms with Crippen molar-refractivity contribution < 1.29 is 19.4 Å². The number of hydrogen-bond donors (Lipinski definition) is 2. The first-order valence-electron chi connectivity index (χ1n) is 2.55. The van der Waals surface area contributed by atoms with Gasteiger partial charge >= 0.3 is 7.32 Å². The number of rotatable bonds is 4. The lowest BCUT2D eigenvalue weighted by Gasteiger charge is -1.95. The normalized spacial score (nSPS) is 9.67. The van der Waals surface area contributed by atoms with Crippen molar-refractivity contribution >= 4 is 7.32 Å². The van der Waals surface area contributed by atoms with Gasteiger partial charge in [-0.05, 0) is 6.92 Å². The fraction of sp³-hybridized carbons (Fsp3) is 0.500. The van der Waals surface area contributed by atoms with E-state index in [4.69, 9.17) is 10.0 Å². The second-order valence-electron chi connectivity index (χ2n) is 1.19. The van der Waals surface area contributed by atoms with E-state index in [1.165, 1.54) is 6.26 Å². The molecule has 0 aromatic rings. The lowest BCUT2D eigenvalue weighted by atomic mass is 10.3. The molecule has 0 aliphatic carbocycles. The van der Waals surface area contributed by atoms with Crippen molar-refractivity contribution in [3.63, 3.8) is 0 Å². The molecule has 9 heavy (non-hydrogen) atoms. The zero-order valence-electron chi connectivity index (χ0n) is 5.15. The summed E-state index contributed by atoms with van der Waals surface area (Å²) >= 11 is 0. The summed E-state index contributed by atoms with van der Waals surface area (Å²) in [4.78, 5) is 0. The van der Waals surface area contributed by atoms with Crippen molar-refractivity contribution in [1.29, 1.82) is 0 Å². The minimum atomic E-state index is -1.76. The van der Waals surface area contributed by atoms with Crippen molar-refractivity contribution in [3.8, 4) is 0 Å². The Morgan fingerprint density at radius 2 is 2.11 bits per heavy atom. The van der Waals surface area contributed by atoms with Crippen molar-refractivity contribution in [2.75, 3.05) is 6.61 Å². The zero-order chi connectivity index (χ0) is 7.11. The number of hydrogen-bond acceptors (Lipinski definition) is 4. The van der Waals surface area contributed by atoms with E-state index in [2.05, 4.69) is 9.39 Å². The van der Waals surface area contributed by atoms with Crippen LogP contribution in [0.4, 0.5) is 0 Å². The van der Waals surface area contributed by atoms with Gasteiger partial charge in [0.15, 0.2) is 0 Å². The molecule has 0 heterocycles. The SMILES string of the molecule is CCO/C=C/OB(O)O. The van der Waals surface area contributed by atoms with E-state index < -0.39 is 7.32 Å². The van der Waals surface area contributed by atoms with Crippen LogP contribution in [0.25, 0.3) is 0 Å². The molecule has 4 nitrogen and oxygen atoms in total. The van der Waals surface area contributed by atoms with Gasteiger partial charge in [-0.3, -0.25) is 0 Å². The molecule has 5 heteroatoms. The Morgan fingerprint density at radius 3 is 2.56 bits per heavy atom. The van der Waals surface area contributed by atoms with Gasteiger partial charge in [0.1, 0.15) is 6.26 Å². The van der Waals surface area contributed by atoms with E-state index in [0.717, 1.165) is 6.26 Å². The van der Waals surface area contributed by atoms with Gasteiger partial charge in [0.25, 0.3) is 0 Å². The third kappa shape index (κ3) is 7.32. The van der Waals surface area contributed by atoms with Crippen LogP contribution in [0.3, 0.4) is 0 Å². The van der Waals surface area contributed by atoms with Gasteiger partial charge in [0.2, 0.25) is 0 Å². The molecular weight excluding hydrogens is 123 g/mol. The van der Waals surface area contributed by atoms with Gasteiger partial charge in [0, 0.05) is 0 Å². The van der Waals surface area contributed by atoms with Crippen LogP contribution in [0.2, 0.25) is 0 Å². The van der Waals surface area contributed by atoms with E-state index in [1.807, 2.05) is 0 Å². The van der Waals surface area contributed by atoms with E-state index in [1.54, 1.807) is 6.92 Å². The lowest BCUT2D eigenvalue weighted by molar-refractivity contribution is 0.228. The molecule has 0 rings (SSSR count). The van der Waals surface area contributed by atoms with Gasteiger partial charge < -0.3 is 19.4 Å². The van der Waals surface area contributed by atoms with E-state index in [-0.39, 0.29) is 0 Å². The Kier molecular flexibility index (Phi) is 5.05. The Morgan fingerprint density at radius 1 is 1.44 bits per heavy atom. The molecule has 0 spiro atoms. The van der Waals surface area contributed by atoms with E-state index in [0.29, 0.717) is 6.61 Å². The molecule has 0 radical (unpaired) electrons. The summed E-state index contributed by atoms with van der Waals surface area (Å²) in [5.41, 5.74) is 0. The van der Waals surface area contributed by atoms with Gasteiger partial charge in [-0.1, -0.05) is 0 Å². The Hall–Kier alpha value is -0.675. The van der Waals surface area contributed by atoms with Gasteiger partial charge in [0.05, 0.1) is 12.9 Å². The highest BCUT2D eigenvalue weighted by Gasteiger charge is 2.05. The summed E-state index contributed by atoms with van der Waals surface area (Å²) in [6.45, 7) is 2.33. The molecule has 52 valence electrons. The third-order valence-corrected chi connectivity index (χ3v) is 0.519. The van der Waals surface area contributed by atoms with Crippen molar-refractivity contribution in [3.05, 3.63) is 12.5 Å². The molecule has 0 saturated heterocycles. The van der Waals surface area contributed by atoms with E-state index in [9.17, 15) is 0 Å². The zero-order valence-corrected chi connectivity index (χ0v) is 5.15. The van der Waals surface area contributed by atoms with Crippen molar-refractivity contribution in [2.45, 2.75) is 6.92 Å². The summed E-state index contributed by atoms with van der Waals surface area (Å²) in [6, 6.07) is 0. The highest BCUT2D eigenvalue weighted by Crippen LogP contribution is 1.79. The molecule has 0 fully saturated rings. The summed E-state index contributed by atoms with van der Waals surface area (Å²) in [7, 11) is -1.76. The third-order valence-electron chi connectivity index (χ3n) is 0.519. The molecule has 0 aliphatic heterocycles. The topological polar surface area (TPSA) is 58.9 Å². The van der Waals surface area contributed by atoms with Gasteiger partial charge in [-0.25, -0.2) is 0 Å². The molecule has 0 bridgehead atoms. The van der Waals surface area contributed by atoms with Crippen LogP contribution in [-0.2, 0) is 9.39 Å². The Bertz CT molecular complexity index is 82.6. The van der Waals surface area contributed by atoms with Crippen LogP contribution in [0.1, 0.15) is 6.92 Å².